The average molecular weight is 824 g/mol. The van der Waals surface area contributed by atoms with Gasteiger partial charge in [0.15, 0.2) is 0 Å². The zero-order chi connectivity index (χ0) is 42.1. The minimum absolute atomic E-state index is 0.972. The molecule has 10 aromatic carbocycles. The van der Waals surface area contributed by atoms with Gasteiger partial charge in [0.25, 0.3) is 0 Å². The fourth-order valence-electron chi connectivity index (χ4n) is 11.5. The molecule has 0 amide bonds. The van der Waals surface area contributed by atoms with Crippen molar-refractivity contribution in [3.05, 3.63) is 205 Å². The molecule has 0 atom stereocenters. The molecule has 13 rings (SSSR count). The second-order valence-electron chi connectivity index (χ2n) is 18.1. The molecule has 64 heavy (non-hydrogen) atoms. The number of hydrogen-bond acceptors (Lipinski definition) is 3. The van der Waals surface area contributed by atoms with Gasteiger partial charge in [-0.25, -0.2) is 0 Å². The summed E-state index contributed by atoms with van der Waals surface area (Å²) in [6.07, 6.45) is 6.68. The van der Waals surface area contributed by atoms with E-state index in [4.69, 9.17) is 0 Å². The second-order valence-corrected chi connectivity index (χ2v) is 18.1. The minimum atomic E-state index is 0.972. The minimum Gasteiger partial charge on any atom is -0.341 e. The first kappa shape index (κ1) is 37.2. The number of nitrogens with zero attached hydrogens (tertiary/aromatic N) is 3. The van der Waals surface area contributed by atoms with Crippen LogP contribution in [0.1, 0.15) is 36.0 Å². The first-order chi connectivity index (χ1) is 31.7. The third kappa shape index (κ3) is 6.09. The van der Waals surface area contributed by atoms with Crippen LogP contribution in [0.15, 0.2) is 188 Å². The monoisotopic (exact) mass is 823 g/mol. The quantitative estimate of drug-likeness (QED) is 0.160. The molecule has 0 saturated heterocycles. The molecule has 0 unspecified atom stereocenters. The maximum absolute atomic E-state index is 2.65. The van der Waals surface area contributed by atoms with Gasteiger partial charge < -0.3 is 14.7 Å². The lowest BCUT2D eigenvalue weighted by atomic mass is 9.84. The van der Waals surface area contributed by atoms with Gasteiger partial charge in [-0.2, -0.15) is 0 Å². The van der Waals surface area contributed by atoms with Crippen LogP contribution in [0.5, 0.6) is 0 Å². The summed E-state index contributed by atoms with van der Waals surface area (Å²) in [4.78, 5) is 7.86. The normalized spacial score (nSPS) is 14.8. The number of para-hydroxylation sites is 3. The summed E-state index contributed by atoms with van der Waals surface area (Å²) in [5.41, 5.74) is 17.2. The van der Waals surface area contributed by atoms with Crippen LogP contribution < -0.4 is 14.7 Å². The summed E-state index contributed by atoms with van der Waals surface area (Å²) < 4.78 is 0. The van der Waals surface area contributed by atoms with E-state index in [9.17, 15) is 0 Å². The van der Waals surface area contributed by atoms with Crippen molar-refractivity contribution in [3.63, 3.8) is 0 Å². The topological polar surface area (TPSA) is 9.72 Å². The predicted molar refractivity (Wildman–Crippen MR) is 273 cm³/mol. The number of fused-ring (bicyclic) bond motifs is 7. The van der Waals surface area contributed by atoms with Crippen molar-refractivity contribution in [2.75, 3.05) is 34.3 Å². The van der Waals surface area contributed by atoms with Gasteiger partial charge in [0.2, 0.25) is 0 Å². The molecule has 0 saturated carbocycles. The lowest BCUT2D eigenvalue weighted by Crippen LogP contribution is -2.29. The van der Waals surface area contributed by atoms with E-state index in [0.717, 1.165) is 58.2 Å². The number of anilines is 6. The summed E-state index contributed by atoms with van der Waals surface area (Å²) in [5, 5.41) is 10.2. The molecule has 0 radical (unpaired) electrons. The van der Waals surface area contributed by atoms with Gasteiger partial charge >= 0.3 is 0 Å². The predicted octanol–water partition coefficient (Wildman–Crippen LogP) is 15.9. The van der Waals surface area contributed by atoms with Crippen LogP contribution in [0, 0.1) is 0 Å². The molecular weight excluding hydrogens is 775 g/mol. The number of rotatable bonds is 5. The zero-order valence-corrected chi connectivity index (χ0v) is 36.1. The van der Waals surface area contributed by atoms with E-state index in [1.165, 1.54) is 116 Å². The fraction of sp³-hybridized carbons (Fsp3) is 0.148. The van der Waals surface area contributed by atoms with Crippen molar-refractivity contribution in [2.45, 2.75) is 38.5 Å². The first-order valence-electron chi connectivity index (χ1n) is 23.4. The van der Waals surface area contributed by atoms with Gasteiger partial charge in [0.05, 0.1) is 11.4 Å². The van der Waals surface area contributed by atoms with Crippen molar-refractivity contribution in [1.82, 2.24) is 0 Å². The Hall–Kier alpha value is -7.36. The van der Waals surface area contributed by atoms with Crippen molar-refractivity contribution in [1.29, 1.82) is 0 Å². The molecule has 308 valence electrons. The molecule has 10 aromatic rings. The number of aryl methyl sites for hydroxylation is 3. The van der Waals surface area contributed by atoms with Gasteiger partial charge in [0.1, 0.15) is 0 Å². The van der Waals surface area contributed by atoms with E-state index in [2.05, 4.69) is 203 Å². The second kappa shape index (κ2) is 15.2. The van der Waals surface area contributed by atoms with Crippen molar-refractivity contribution >= 4 is 77.2 Å². The molecule has 3 heterocycles. The van der Waals surface area contributed by atoms with E-state index >= 15 is 0 Å². The van der Waals surface area contributed by atoms with E-state index in [-0.39, 0.29) is 0 Å². The molecule has 0 aromatic heterocycles. The Kier molecular flexibility index (Phi) is 8.82. The Bertz CT molecular complexity index is 3470. The van der Waals surface area contributed by atoms with E-state index in [1.807, 2.05) is 0 Å². The highest BCUT2D eigenvalue weighted by molar-refractivity contribution is 6.24. The van der Waals surface area contributed by atoms with Gasteiger partial charge in [0, 0.05) is 42.4 Å². The maximum atomic E-state index is 2.65. The number of hydrogen-bond donors (Lipinski definition) is 0. The molecule has 0 fully saturated rings. The summed E-state index contributed by atoms with van der Waals surface area (Å²) in [6, 6.07) is 71.7. The van der Waals surface area contributed by atoms with Crippen LogP contribution in [-0.2, 0) is 19.3 Å². The SMILES string of the molecule is c1ccc2c(c1)CCCN2c1ccc2c(-c3ccc4ccccc4c3)c3cc(N4CCCc5ccccc54)c(N4CCCc5ccccc54)cc3c(-c3ccc4ccccc4c3)c2c1. The van der Waals surface area contributed by atoms with Gasteiger partial charge in [-0.15, -0.1) is 0 Å². The average Bonchev–Trinajstić information content (AvgIpc) is 3.36. The largest absolute Gasteiger partial charge is 0.341 e. The lowest BCUT2D eigenvalue weighted by Gasteiger charge is -2.38. The maximum Gasteiger partial charge on any atom is 0.0658 e. The molecule has 3 heteroatoms. The van der Waals surface area contributed by atoms with Crippen LogP contribution in [0.25, 0.3) is 65.3 Å². The molecule has 3 nitrogen and oxygen atoms in total. The van der Waals surface area contributed by atoms with Crippen LogP contribution >= 0.6 is 0 Å². The van der Waals surface area contributed by atoms with E-state index in [0.29, 0.717) is 0 Å². The molecular formula is C61H49N3. The van der Waals surface area contributed by atoms with E-state index in [1.54, 1.807) is 0 Å². The lowest BCUT2D eigenvalue weighted by molar-refractivity contribution is 0.753. The van der Waals surface area contributed by atoms with Crippen molar-refractivity contribution < 1.29 is 0 Å². The molecule has 0 bridgehead atoms. The molecule has 3 aliphatic heterocycles. The van der Waals surface area contributed by atoms with Crippen LogP contribution in [0.2, 0.25) is 0 Å². The Morgan fingerprint density at radius 3 is 1.20 bits per heavy atom. The molecule has 0 spiro atoms. The third-order valence-electron chi connectivity index (χ3n) is 14.5. The Labute approximate surface area is 375 Å². The highest BCUT2D eigenvalue weighted by atomic mass is 15.2. The first-order valence-corrected chi connectivity index (χ1v) is 23.4. The Morgan fingerprint density at radius 2 is 0.688 bits per heavy atom. The smallest absolute Gasteiger partial charge is 0.0658 e. The van der Waals surface area contributed by atoms with Gasteiger partial charge in [-0.3, -0.25) is 0 Å². The summed E-state index contributed by atoms with van der Waals surface area (Å²) in [6.45, 7) is 2.94. The highest BCUT2D eigenvalue weighted by Gasteiger charge is 2.29. The molecule has 0 aliphatic carbocycles. The van der Waals surface area contributed by atoms with E-state index < -0.39 is 0 Å². The van der Waals surface area contributed by atoms with Gasteiger partial charge in [-0.05, 0) is 175 Å². The molecule has 0 N–H and O–H groups in total. The van der Waals surface area contributed by atoms with Gasteiger partial charge in [-0.1, -0.05) is 133 Å². The summed E-state index contributed by atoms with van der Waals surface area (Å²) in [7, 11) is 0. The Morgan fingerprint density at radius 1 is 0.281 bits per heavy atom. The van der Waals surface area contributed by atoms with Crippen LogP contribution in [0.4, 0.5) is 34.1 Å². The van der Waals surface area contributed by atoms with Crippen molar-refractivity contribution in [2.24, 2.45) is 0 Å². The van der Waals surface area contributed by atoms with Crippen LogP contribution in [0.3, 0.4) is 0 Å². The van der Waals surface area contributed by atoms with Crippen molar-refractivity contribution in [3.8, 4) is 22.3 Å². The Balaban J connectivity index is 1.19. The third-order valence-corrected chi connectivity index (χ3v) is 14.5. The highest BCUT2D eigenvalue weighted by Crippen LogP contribution is 2.52. The standard InChI is InChI=1S/C61H49N3/c1-3-19-46-36-48(29-27-41(46)14-1)60-51-32-31-50(62-33-11-21-43-16-5-8-24-55(43)62)38-52(51)61(49-30-28-42-15-2-4-20-47(42)37-49)54-40-59(64-35-13-23-45-18-7-10-26-57(45)64)58(39-53(54)60)63-34-12-22-44-17-6-9-25-56(44)63/h1-10,14-20,24-32,36-40H,11-13,21-23,33-35H2. The summed E-state index contributed by atoms with van der Waals surface area (Å²) in [5.74, 6) is 0. The summed E-state index contributed by atoms with van der Waals surface area (Å²) >= 11 is 0. The zero-order valence-electron chi connectivity index (χ0n) is 36.1. The fourth-order valence-corrected chi connectivity index (χ4v) is 11.5. The van der Waals surface area contributed by atoms with Crippen LogP contribution in [-0.4, -0.2) is 19.6 Å². The molecule has 3 aliphatic rings. The number of benzene rings is 10.